The molecule has 0 amide bonds. The van der Waals surface area contributed by atoms with Crippen LogP contribution < -0.4 is 0 Å². The van der Waals surface area contributed by atoms with Gasteiger partial charge in [0.1, 0.15) is 10.4 Å². The van der Waals surface area contributed by atoms with Crippen LogP contribution in [0.1, 0.15) is 5.56 Å². The van der Waals surface area contributed by atoms with Gasteiger partial charge in [-0.05, 0) is 45.8 Å². The van der Waals surface area contributed by atoms with Crippen molar-refractivity contribution < 1.29 is 4.39 Å². The largest absolute Gasteiger partial charge is 0.343 e. The Kier molecular flexibility index (Phi) is 2.88. The number of halogens is 2. The maximum Gasteiger partial charge on any atom is 0.123 e. The van der Waals surface area contributed by atoms with E-state index in [0.717, 1.165) is 21.1 Å². The van der Waals surface area contributed by atoms with E-state index >= 15 is 0 Å². The lowest BCUT2D eigenvalue weighted by Crippen LogP contribution is -1.98. The van der Waals surface area contributed by atoms with Gasteiger partial charge >= 0.3 is 0 Å². The predicted octanol–water partition coefficient (Wildman–Crippen LogP) is 3.99. The lowest BCUT2D eigenvalue weighted by atomic mass is 10.2. The molecule has 0 fully saturated rings. The van der Waals surface area contributed by atoms with Gasteiger partial charge in [-0.2, -0.15) is 0 Å². The minimum atomic E-state index is -0.202. The molecule has 2 heterocycles. The fourth-order valence-corrected chi connectivity index (χ4v) is 2.35. The van der Waals surface area contributed by atoms with E-state index in [2.05, 4.69) is 25.5 Å². The summed E-state index contributed by atoms with van der Waals surface area (Å²) in [6, 6.07) is 10.6. The highest BCUT2D eigenvalue weighted by Crippen LogP contribution is 2.19. The smallest absolute Gasteiger partial charge is 0.123 e. The summed E-state index contributed by atoms with van der Waals surface area (Å²) in [6.45, 7) is 0.651. The average Bonchev–Trinajstić information content (AvgIpc) is 2.72. The molecular weight excluding hydrogens is 295 g/mol. The SMILES string of the molecule is Fc1cccc(Cn2ccc3cnc(Br)cc32)c1. The average molecular weight is 305 g/mol. The highest BCUT2D eigenvalue weighted by molar-refractivity contribution is 9.10. The standard InChI is InChI=1S/C14H10BrFN2/c15-14-7-13-11(8-17-14)4-5-18(13)9-10-2-1-3-12(16)6-10/h1-8H,9H2. The number of nitrogens with zero attached hydrogens (tertiary/aromatic N) is 2. The second kappa shape index (κ2) is 4.53. The number of hydrogen-bond donors (Lipinski definition) is 0. The van der Waals surface area contributed by atoms with E-state index in [0.29, 0.717) is 6.54 Å². The third-order valence-corrected chi connectivity index (χ3v) is 3.30. The van der Waals surface area contributed by atoms with Crippen LogP contribution in [-0.2, 0) is 6.54 Å². The summed E-state index contributed by atoms with van der Waals surface area (Å²) in [5.41, 5.74) is 2.03. The van der Waals surface area contributed by atoms with Crippen molar-refractivity contribution in [3.05, 3.63) is 64.8 Å². The molecule has 18 heavy (non-hydrogen) atoms. The molecule has 90 valence electrons. The van der Waals surface area contributed by atoms with Crippen LogP contribution in [0.15, 0.2) is 53.4 Å². The monoisotopic (exact) mass is 304 g/mol. The number of rotatable bonds is 2. The second-order valence-electron chi connectivity index (χ2n) is 4.14. The Balaban J connectivity index is 2.02. The fourth-order valence-electron chi connectivity index (χ4n) is 2.03. The minimum absolute atomic E-state index is 0.202. The van der Waals surface area contributed by atoms with Crippen LogP contribution in [0.5, 0.6) is 0 Å². The normalized spacial score (nSPS) is 11.0. The zero-order valence-corrected chi connectivity index (χ0v) is 11.1. The maximum absolute atomic E-state index is 13.1. The van der Waals surface area contributed by atoms with Crippen LogP contribution in [0.2, 0.25) is 0 Å². The van der Waals surface area contributed by atoms with Crippen LogP contribution in [0.4, 0.5) is 4.39 Å². The lowest BCUT2D eigenvalue weighted by molar-refractivity contribution is 0.624. The molecule has 0 unspecified atom stereocenters. The van der Waals surface area contributed by atoms with Gasteiger partial charge in [-0.3, -0.25) is 0 Å². The first-order chi connectivity index (χ1) is 8.72. The Morgan fingerprint density at radius 2 is 2.11 bits per heavy atom. The van der Waals surface area contributed by atoms with Gasteiger partial charge in [0.15, 0.2) is 0 Å². The molecule has 3 aromatic rings. The van der Waals surface area contributed by atoms with E-state index in [-0.39, 0.29) is 5.82 Å². The summed E-state index contributed by atoms with van der Waals surface area (Å²) < 4.78 is 16.0. The Labute approximate surface area is 112 Å². The summed E-state index contributed by atoms with van der Waals surface area (Å²) in [7, 11) is 0. The lowest BCUT2D eigenvalue weighted by Gasteiger charge is -2.06. The van der Waals surface area contributed by atoms with Crippen molar-refractivity contribution in [3.8, 4) is 0 Å². The summed E-state index contributed by atoms with van der Waals surface area (Å²) >= 11 is 3.36. The van der Waals surface area contributed by atoms with Crippen molar-refractivity contribution in [1.82, 2.24) is 9.55 Å². The van der Waals surface area contributed by atoms with Crippen LogP contribution >= 0.6 is 15.9 Å². The molecule has 0 radical (unpaired) electrons. The van der Waals surface area contributed by atoms with Crippen LogP contribution in [0.25, 0.3) is 10.9 Å². The zero-order chi connectivity index (χ0) is 12.5. The fraction of sp³-hybridized carbons (Fsp3) is 0.0714. The topological polar surface area (TPSA) is 17.8 Å². The Hall–Kier alpha value is -1.68. The predicted molar refractivity (Wildman–Crippen MR) is 72.9 cm³/mol. The van der Waals surface area contributed by atoms with Crippen molar-refractivity contribution in [2.45, 2.75) is 6.54 Å². The number of hydrogen-bond acceptors (Lipinski definition) is 1. The molecule has 0 aliphatic carbocycles. The van der Waals surface area contributed by atoms with Crippen LogP contribution in [-0.4, -0.2) is 9.55 Å². The van der Waals surface area contributed by atoms with Gasteiger partial charge in [0.25, 0.3) is 0 Å². The molecule has 0 N–H and O–H groups in total. The summed E-state index contributed by atoms with van der Waals surface area (Å²) in [5, 5.41) is 1.08. The molecule has 3 rings (SSSR count). The van der Waals surface area contributed by atoms with Gasteiger partial charge in [0.2, 0.25) is 0 Å². The van der Waals surface area contributed by atoms with Crippen molar-refractivity contribution in [2.75, 3.05) is 0 Å². The Bertz CT molecular complexity index is 706. The van der Waals surface area contributed by atoms with E-state index < -0.39 is 0 Å². The first kappa shape index (κ1) is 11.4. The van der Waals surface area contributed by atoms with Crippen molar-refractivity contribution >= 4 is 26.8 Å². The van der Waals surface area contributed by atoms with Gasteiger partial charge in [0, 0.05) is 24.3 Å². The van der Waals surface area contributed by atoms with Gasteiger partial charge in [0.05, 0.1) is 5.52 Å². The minimum Gasteiger partial charge on any atom is -0.343 e. The van der Waals surface area contributed by atoms with Crippen molar-refractivity contribution in [2.24, 2.45) is 0 Å². The first-order valence-electron chi connectivity index (χ1n) is 5.57. The molecule has 0 spiro atoms. The molecule has 1 aromatic carbocycles. The number of pyridine rings is 1. The third-order valence-electron chi connectivity index (χ3n) is 2.86. The molecule has 0 saturated carbocycles. The highest BCUT2D eigenvalue weighted by atomic mass is 79.9. The highest BCUT2D eigenvalue weighted by Gasteiger charge is 2.03. The van der Waals surface area contributed by atoms with Crippen molar-refractivity contribution in [1.29, 1.82) is 0 Å². The molecule has 0 bridgehead atoms. The Morgan fingerprint density at radius 3 is 2.94 bits per heavy atom. The van der Waals surface area contributed by atoms with E-state index in [1.807, 2.05) is 30.6 Å². The number of aromatic nitrogens is 2. The number of fused-ring (bicyclic) bond motifs is 1. The Morgan fingerprint density at radius 1 is 1.22 bits per heavy atom. The van der Waals surface area contributed by atoms with E-state index in [9.17, 15) is 4.39 Å². The second-order valence-corrected chi connectivity index (χ2v) is 4.95. The quantitative estimate of drug-likeness (QED) is 0.655. The van der Waals surface area contributed by atoms with Crippen LogP contribution in [0.3, 0.4) is 0 Å². The molecule has 0 aliphatic heterocycles. The first-order valence-corrected chi connectivity index (χ1v) is 6.36. The van der Waals surface area contributed by atoms with E-state index in [1.165, 1.54) is 6.07 Å². The van der Waals surface area contributed by atoms with Crippen LogP contribution in [0, 0.1) is 5.82 Å². The maximum atomic E-state index is 13.1. The van der Waals surface area contributed by atoms with Crippen molar-refractivity contribution in [3.63, 3.8) is 0 Å². The third kappa shape index (κ3) is 2.16. The van der Waals surface area contributed by atoms with Gasteiger partial charge < -0.3 is 4.57 Å². The van der Waals surface area contributed by atoms with Gasteiger partial charge in [-0.15, -0.1) is 0 Å². The zero-order valence-electron chi connectivity index (χ0n) is 9.48. The number of benzene rings is 1. The summed E-state index contributed by atoms with van der Waals surface area (Å²) in [5.74, 6) is -0.202. The molecule has 0 atom stereocenters. The molecule has 2 nitrogen and oxygen atoms in total. The summed E-state index contributed by atoms with van der Waals surface area (Å²) in [6.07, 6.45) is 3.81. The molecule has 0 saturated heterocycles. The van der Waals surface area contributed by atoms with E-state index in [1.54, 1.807) is 12.1 Å². The molecular formula is C14H10BrFN2. The van der Waals surface area contributed by atoms with Gasteiger partial charge in [-0.1, -0.05) is 12.1 Å². The molecule has 2 aromatic heterocycles. The molecule has 4 heteroatoms. The summed E-state index contributed by atoms with van der Waals surface area (Å²) in [4.78, 5) is 4.19. The van der Waals surface area contributed by atoms with Gasteiger partial charge in [-0.25, -0.2) is 9.37 Å². The molecule has 0 aliphatic rings. The van der Waals surface area contributed by atoms with E-state index in [4.69, 9.17) is 0 Å².